The summed E-state index contributed by atoms with van der Waals surface area (Å²) in [4.78, 5) is 33.5. The highest BCUT2D eigenvalue weighted by atomic mass is 35.5. The van der Waals surface area contributed by atoms with E-state index in [1.165, 1.54) is 6.42 Å². The van der Waals surface area contributed by atoms with Crippen LogP contribution in [0.5, 0.6) is 0 Å². The van der Waals surface area contributed by atoms with E-state index in [9.17, 15) is 4.79 Å². The lowest BCUT2D eigenvalue weighted by Crippen LogP contribution is -2.47. The Balaban J connectivity index is 1.28. The summed E-state index contributed by atoms with van der Waals surface area (Å²) < 4.78 is 0. The average molecular weight is 443 g/mol. The molecule has 0 saturated carbocycles. The lowest BCUT2D eigenvalue weighted by atomic mass is 10.1. The zero-order valence-corrected chi connectivity index (χ0v) is 18.2. The van der Waals surface area contributed by atoms with Crippen molar-refractivity contribution in [3.63, 3.8) is 0 Å². The Bertz CT molecular complexity index is 1060. The van der Waals surface area contributed by atoms with E-state index in [0.717, 1.165) is 74.0 Å². The Labute approximate surface area is 184 Å². The zero-order chi connectivity index (χ0) is 20.5. The fourth-order valence-electron chi connectivity index (χ4n) is 4.22. The molecular formula is C21H23ClN6OS. The van der Waals surface area contributed by atoms with E-state index in [-0.39, 0.29) is 5.91 Å². The summed E-state index contributed by atoms with van der Waals surface area (Å²) in [6, 6.07) is 3.85. The van der Waals surface area contributed by atoms with Gasteiger partial charge in [-0.2, -0.15) is 0 Å². The second-order valence-corrected chi connectivity index (χ2v) is 8.99. The van der Waals surface area contributed by atoms with E-state index in [4.69, 9.17) is 11.6 Å². The first-order chi connectivity index (χ1) is 14.7. The van der Waals surface area contributed by atoms with Crippen LogP contribution in [0.1, 0.15) is 29.6 Å². The van der Waals surface area contributed by atoms with E-state index in [1.54, 1.807) is 29.9 Å². The van der Waals surface area contributed by atoms with Gasteiger partial charge in [0.2, 0.25) is 0 Å². The number of halogens is 1. The Morgan fingerprint density at radius 1 is 0.933 bits per heavy atom. The minimum atomic E-state index is 0.0315. The van der Waals surface area contributed by atoms with Crippen LogP contribution < -0.4 is 9.80 Å². The lowest BCUT2D eigenvalue weighted by molar-refractivity contribution is 0.0724. The Kier molecular flexibility index (Phi) is 5.43. The Morgan fingerprint density at radius 3 is 2.40 bits per heavy atom. The van der Waals surface area contributed by atoms with E-state index in [2.05, 4.69) is 36.2 Å². The molecule has 0 spiro atoms. The predicted molar refractivity (Wildman–Crippen MR) is 121 cm³/mol. The number of pyridine rings is 1. The van der Waals surface area contributed by atoms with Gasteiger partial charge in [0, 0.05) is 45.5 Å². The maximum atomic E-state index is 12.7. The summed E-state index contributed by atoms with van der Waals surface area (Å²) in [5, 5.41) is 3.69. The molecule has 30 heavy (non-hydrogen) atoms. The molecule has 3 aromatic heterocycles. The molecule has 2 aliphatic rings. The molecule has 1 amide bonds. The summed E-state index contributed by atoms with van der Waals surface area (Å²) in [6.45, 7) is 4.88. The van der Waals surface area contributed by atoms with Gasteiger partial charge in [0.15, 0.2) is 0 Å². The average Bonchev–Trinajstić information content (AvgIpc) is 3.28. The van der Waals surface area contributed by atoms with Crippen molar-refractivity contribution in [2.75, 3.05) is 49.1 Å². The number of aromatic nitrogens is 3. The van der Waals surface area contributed by atoms with Crippen molar-refractivity contribution >= 4 is 50.7 Å². The molecule has 0 unspecified atom stereocenters. The van der Waals surface area contributed by atoms with Crippen LogP contribution in [-0.4, -0.2) is 65.0 Å². The number of fused-ring (bicyclic) bond motifs is 1. The van der Waals surface area contributed by atoms with Crippen molar-refractivity contribution in [2.45, 2.75) is 19.3 Å². The molecule has 0 aromatic carbocycles. The fraction of sp³-hybridized carbons (Fsp3) is 0.429. The number of amides is 1. The third-order valence-corrected chi connectivity index (χ3v) is 6.93. The van der Waals surface area contributed by atoms with E-state index in [1.807, 2.05) is 4.90 Å². The summed E-state index contributed by atoms with van der Waals surface area (Å²) >= 11 is 8.19. The predicted octanol–water partition coefficient (Wildman–Crippen LogP) is 3.69. The number of hydrogen-bond acceptors (Lipinski definition) is 7. The lowest BCUT2D eigenvalue weighted by Gasteiger charge is -2.36. The fourth-order valence-corrected chi connectivity index (χ4v) is 5.23. The SMILES string of the molecule is O=C(c1cnc(N2CCN(c3ncnc4sccc34)CC2)c(Cl)c1)N1CCCCC1. The van der Waals surface area contributed by atoms with Crippen LogP contribution in [0.25, 0.3) is 10.2 Å². The van der Waals surface area contributed by atoms with Crippen LogP contribution in [0.4, 0.5) is 11.6 Å². The number of thiophene rings is 1. The van der Waals surface area contributed by atoms with Gasteiger partial charge in [-0.15, -0.1) is 11.3 Å². The molecule has 2 fully saturated rings. The van der Waals surface area contributed by atoms with Gasteiger partial charge in [-0.05, 0) is 36.8 Å². The highest BCUT2D eigenvalue weighted by molar-refractivity contribution is 7.16. The van der Waals surface area contributed by atoms with Crippen molar-refractivity contribution in [3.05, 3.63) is 40.6 Å². The largest absolute Gasteiger partial charge is 0.352 e. The van der Waals surface area contributed by atoms with Crippen molar-refractivity contribution < 1.29 is 4.79 Å². The monoisotopic (exact) mass is 442 g/mol. The maximum absolute atomic E-state index is 12.7. The van der Waals surface area contributed by atoms with Crippen molar-refractivity contribution in [3.8, 4) is 0 Å². The first-order valence-corrected chi connectivity index (χ1v) is 11.6. The number of piperidine rings is 1. The molecule has 9 heteroatoms. The number of nitrogens with zero attached hydrogens (tertiary/aromatic N) is 6. The van der Waals surface area contributed by atoms with Crippen LogP contribution >= 0.6 is 22.9 Å². The second-order valence-electron chi connectivity index (χ2n) is 7.69. The molecule has 2 saturated heterocycles. The molecule has 0 N–H and O–H groups in total. The van der Waals surface area contributed by atoms with Crippen LogP contribution in [0, 0.1) is 0 Å². The second kappa shape index (κ2) is 8.35. The number of piperazine rings is 1. The highest BCUT2D eigenvalue weighted by Crippen LogP contribution is 2.30. The third-order valence-electron chi connectivity index (χ3n) is 5.83. The maximum Gasteiger partial charge on any atom is 0.255 e. The topological polar surface area (TPSA) is 65.5 Å². The van der Waals surface area contributed by atoms with Crippen LogP contribution in [0.2, 0.25) is 5.02 Å². The molecule has 0 aliphatic carbocycles. The Morgan fingerprint density at radius 2 is 1.67 bits per heavy atom. The third kappa shape index (κ3) is 3.70. The number of rotatable bonds is 3. The van der Waals surface area contributed by atoms with E-state index < -0.39 is 0 Å². The number of hydrogen-bond donors (Lipinski definition) is 0. The quantitative estimate of drug-likeness (QED) is 0.616. The summed E-state index contributed by atoms with van der Waals surface area (Å²) in [7, 11) is 0. The molecule has 3 aromatic rings. The molecule has 0 bridgehead atoms. The van der Waals surface area contributed by atoms with E-state index >= 15 is 0 Å². The minimum absolute atomic E-state index is 0.0315. The Hall–Kier alpha value is -2.45. The molecule has 156 valence electrons. The van der Waals surface area contributed by atoms with Crippen LogP contribution in [0.3, 0.4) is 0 Å². The molecule has 0 radical (unpaired) electrons. The molecule has 0 atom stereocenters. The standard InChI is InChI=1S/C21H23ClN6OS/c22-17-12-15(21(29)28-5-2-1-3-6-28)13-23-19(17)27-9-7-26(8-10-27)18-16-4-11-30-20(16)25-14-24-18/h4,11-14H,1-3,5-10H2. The molecule has 5 heterocycles. The number of carbonyl (C=O) groups excluding carboxylic acids is 1. The van der Waals surface area contributed by atoms with Gasteiger partial charge in [-0.25, -0.2) is 15.0 Å². The normalized spacial score (nSPS) is 17.6. The van der Waals surface area contributed by atoms with Gasteiger partial charge in [-0.3, -0.25) is 4.79 Å². The minimum Gasteiger partial charge on any atom is -0.352 e. The summed E-state index contributed by atoms with van der Waals surface area (Å²) in [5.41, 5.74) is 0.574. The first-order valence-electron chi connectivity index (χ1n) is 10.3. The summed E-state index contributed by atoms with van der Waals surface area (Å²) in [5.74, 6) is 1.77. The molecule has 2 aliphatic heterocycles. The molecule has 7 nitrogen and oxygen atoms in total. The van der Waals surface area contributed by atoms with Crippen molar-refractivity contribution in [2.24, 2.45) is 0 Å². The zero-order valence-electron chi connectivity index (χ0n) is 16.6. The van der Waals surface area contributed by atoms with Gasteiger partial charge in [0.05, 0.1) is 16.0 Å². The van der Waals surface area contributed by atoms with Gasteiger partial charge in [0.1, 0.15) is 22.8 Å². The smallest absolute Gasteiger partial charge is 0.255 e. The number of carbonyl (C=O) groups is 1. The summed E-state index contributed by atoms with van der Waals surface area (Å²) in [6.07, 6.45) is 6.64. The number of anilines is 2. The number of likely N-dealkylation sites (tertiary alicyclic amines) is 1. The molecular weight excluding hydrogens is 420 g/mol. The van der Waals surface area contributed by atoms with E-state index in [0.29, 0.717) is 10.6 Å². The molecule has 5 rings (SSSR count). The highest BCUT2D eigenvalue weighted by Gasteiger charge is 2.24. The van der Waals surface area contributed by atoms with Crippen molar-refractivity contribution in [1.29, 1.82) is 0 Å². The van der Waals surface area contributed by atoms with Gasteiger partial charge >= 0.3 is 0 Å². The van der Waals surface area contributed by atoms with Gasteiger partial charge in [-0.1, -0.05) is 11.6 Å². The van der Waals surface area contributed by atoms with Crippen LogP contribution in [0.15, 0.2) is 30.0 Å². The van der Waals surface area contributed by atoms with Gasteiger partial charge < -0.3 is 14.7 Å². The van der Waals surface area contributed by atoms with Gasteiger partial charge in [0.25, 0.3) is 5.91 Å². The van der Waals surface area contributed by atoms with Crippen molar-refractivity contribution in [1.82, 2.24) is 19.9 Å². The van der Waals surface area contributed by atoms with Crippen LogP contribution in [-0.2, 0) is 0 Å². The first kappa shape index (κ1) is 19.5.